The molecule has 4 nitrogen and oxygen atoms in total. The molecule has 0 aliphatic rings. The van der Waals surface area contributed by atoms with Crippen molar-refractivity contribution in [1.29, 1.82) is 0 Å². The summed E-state index contributed by atoms with van der Waals surface area (Å²) in [6.07, 6.45) is 1.41. The first-order chi connectivity index (χ1) is 5.18. The molecule has 1 rings (SSSR count). The lowest BCUT2D eigenvalue weighted by Crippen LogP contribution is -2.08. The molecule has 1 aromatic heterocycles. The van der Waals surface area contributed by atoms with Crippen LogP contribution in [0, 0.1) is 0 Å². The van der Waals surface area contributed by atoms with Crippen molar-refractivity contribution in [3.63, 3.8) is 0 Å². The highest BCUT2D eigenvalue weighted by Gasteiger charge is 2.02. The largest absolute Gasteiger partial charge is 0.479 e. The van der Waals surface area contributed by atoms with Gasteiger partial charge in [-0.15, -0.1) is 0 Å². The van der Waals surface area contributed by atoms with Crippen LogP contribution in [-0.4, -0.2) is 17.7 Å². The zero-order chi connectivity index (χ0) is 8.27. The maximum absolute atomic E-state index is 10.0. The minimum Gasteiger partial charge on any atom is -0.479 e. The highest BCUT2D eigenvalue weighted by atomic mass is 79.9. The fourth-order valence-electron chi connectivity index (χ4n) is 0.504. The van der Waals surface area contributed by atoms with Crippen LogP contribution in [0.4, 0.5) is 0 Å². The summed E-state index contributed by atoms with van der Waals surface area (Å²) in [7, 11) is 0. The van der Waals surface area contributed by atoms with Crippen molar-refractivity contribution in [2.75, 3.05) is 6.61 Å². The van der Waals surface area contributed by atoms with Gasteiger partial charge in [0.2, 0.25) is 0 Å². The van der Waals surface area contributed by atoms with Crippen LogP contribution >= 0.6 is 15.9 Å². The highest BCUT2D eigenvalue weighted by molar-refractivity contribution is 9.10. The molecule has 0 spiro atoms. The molecule has 0 amide bonds. The number of hydrogen-bond acceptors (Lipinski definition) is 3. The van der Waals surface area contributed by atoms with E-state index < -0.39 is 5.97 Å². The smallest absolute Gasteiger partial charge is 0.341 e. The third kappa shape index (κ3) is 2.63. The van der Waals surface area contributed by atoms with Crippen molar-refractivity contribution in [3.05, 3.63) is 16.8 Å². The first-order valence-corrected chi connectivity index (χ1v) is 3.56. The molecule has 11 heavy (non-hydrogen) atoms. The van der Waals surface area contributed by atoms with E-state index >= 15 is 0 Å². The number of hydrogen-bond donors (Lipinski definition) is 1. The van der Waals surface area contributed by atoms with Crippen molar-refractivity contribution in [2.24, 2.45) is 0 Å². The predicted molar refractivity (Wildman–Crippen MR) is 39.5 cm³/mol. The lowest BCUT2D eigenvalue weighted by molar-refractivity contribution is -0.139. The Labute approximate surface area is 70.9 Å². The van der Waals surface area contributed by atoms with Gasteiger partial charge in [-0.2, -0.15) is 0 Å². The molecule has 0 atom stereocenters. The van der Waals surface area contributed by atoms with Crippen LogP contribution in [0.2, 0.25) is 0 Å². The Balaban J connectivity index is 2.45. The van der Waals surface area contributed by atoms with E-state index in [-0.39, 0.29) is 12.6 Å². The predicted octanol–water partition coefficient (Wildman–Crippen LogP) is 1.51. The summed E-state index contributed by atoms with van der Waals surface area (Å²) in [5.41, 5.74) is 0. The van der Waals surface area contributed by atoms with Crippen LogP contribution < -0.4 is 4.74 Å². The Bertz CT molecular complexity index is 255. The van der Waals surface area contributed by atoms with Gasteiger partial charge in [-0.05, 0) is 15.9 Å². The SMILES string of the molecule is O=C(O)COc1cc(Br)co1. The average molecular weight is 221 g/mol. The Hall–Kier alpha value is -0.970. The van der Waals surface area contributed by atoms with Crippen LogP contribution in [0.15, 0.2) is 21.2 Å². The average Bonchev–Trinajstić information content (AvgIpc) is 2.31. The Kier molecular flexibility index (Phi) is 2.53. The third-order valence-electron chi connectivity index (χ3n) is 0.881. The standard InChI is InChI=1S/C6H5BrO4/c7-4-1-6(10-2-4)11-3-5(8)9/h1-2H,3H2,(H,8,9). The van der Waals surface area contributed by atoms with Crippen LogP contribution in [0.5, 0.6) is 5.95 Å². The molecule has 5 heteroatoms. The molecule has 0 saturated heterocycles. The number of ether oxygens (including phenoxy) is 1. The summed E-state index contributed by atoms with van der Waals surface area (Å²) in [6, 6.07) is 1.54. The number of furan rings is 1. The van der Waals surface area contributed by atoms with Gasteiger partial charge in [0, 0.05) is 6.07 Å². The topological polar surface area (TPSA) is 59.7 Å². The summed E-state index contributed by atoms with van der Waals surface area (Å²) in [4.78, 5) is 10.0. The number of aliphatic carboxylic acids is 1. The molecule has 0 saturated carbocycles. The van der Waals surface area contributed by atoms with Gasteiger partial charge >= 0.3 is 5.97 Å². The summed E-state index contributed by atoms with van der Waals surface area (Å²) in [5, 5.41) is 8.20. The van der Waals surface area contributed by atoms with E-state index in [0.29, 0.717) is 0 Å². The number of carboxylic acids is 1. The quantitative estimate of drug-likeness (QED) is 0.840. The van der Waals surface area contributed by atoms with Gasteiger partial charge in [-0.1, -0.05) is 0 Å². The number of halogens is 1. The molecule has 0 aliphatic heterocycles. The van der Waals surface area contributed by atoms with E-state index in [2.05, 4.69) is 15.9 Å². The summed E-state index contributed by atoms with van der Waals surface area (Å²) >= 11 is 3.12. The third-order valence-corrected chi connectivity index (χ3v) is 1.30. The minimum absolute atomic E-state index is 0.194. The van der Waals surface area contributed by atoms with Gasteiger partial charge in [-0.25, -0.2) is 4.79 Å². The van der Waals surface area contributed by atoms with E-state index in [1.165, 1.54) is 6.26 Å². The molecule has 0 bridgehead atoms. The van der Waals surface area contributed by atoms with Crippen molar-refractivity contribution in [2.45, 2.75) is 0 Å². The zero-order valence-corrected chi connectivity index (χ0v) is 7.00. The summed E-state index contributed by atoms with van der Waals surface area (Å²) < 4.78 is 10.2. The first-order valence-electron chi connectivity index (χ1n) is 2.77. The Morgan fingerprint density at radius 3 is 3.00 bits per heavy atom. The second-order valence-electron chi connectivity index (χ2n) is 1.77. The summed E-state index contributed by atoms with van der Waals surface area (Å²) in [5.74, 6) is -0.836. The second kappa shape index (κ2) is 3.43. The van der Waals surface area contributed by atoms with Crippen molar-refractivity contribution in [3.8, 4) is 5.95 Å². The first kappa shape index (κ1) is 8.13. The molecule has 0 fully saturated rings. The zero-order valence-electron chi connectivity index (χ0n) is 5.41. The molecule has 60 valence electrons. The van der Waals surface area contributed by atoms with Gasteiger partial charge in [0.25, 0.3) is 5.95 Å². The van der Waals surface area contributed by atoms with Gasteiger partial charge in [0.1, 0.15) is 6.26 Å². The Morgan fingerprint density at radius 1 is 1.82 bits per heavy atom. The molecule has 1 N–H and O–H groups in total. The summed E-state index contributed by atoms with van der Waals surface area (Å²) in [6.45, 7) is -0.389. The van der Waals surface area contributed by atoms with Gasteiger partial charge in [-0.3, -0.25) is 0 Å². The maximum atomic E-state index is 10.0. The maximum Gasteiger partial charge on any atom is 0.341 e. The fourth-order valence-corrected chi connectivity index (χ4v) is 0.784. The van der Waals surface area contributed by atoms with Gasteiger partial charge in [0.05, 0.1) is 4.47 Å². The van der Waals surface area contributed by atoms with Crippen molar-refractivity contribution in [1.82, 2.24) is 0 Å². The van der Waals surface area contributed by atoms with E-state index in [0.717, 1.165) is 4.47 Å². The lowest BCUT2D eigenvalue weighted by atomic mass is 10.6. The minimum atomic E-state index is -1.03. The normalized spacial score (nSPS) is 9.55. The second-order valence-corrected chi connectivity index (χ2v) is 2.68. The van der Waals surface area contributed by atoms with Crippen LogP contribution in [0.25, 0.3) is 0 Å². The molecule has 0 radical (unpaired) electrons. The highest BCUT2D eigenvalue weighted by Crippen LogP contribution is 2.19. The molecule has 1 heterocycles. The molecular formula is C6H5BrO4. The number of rotatable bonds is 3. The van der Waals surface area contributed by atoms with Gasteiger partial charge < -0.3 is 14.3 Å². The Morgan fingerprint density at radius 2 is 2.55 bits per heavy atom. The van der Waals surface area contributed by atoms with Crippen molar-refractivity contribution < 1.29 is 19.1 Å². The number of carboxylic acid groups (broad SMARTS) is 1. The molecule has 0 unspecified atom stereocenters. The van der Waals surface area contributed by atoms with Crippen LogP contribution in [0.1, 0.15) is 0 Å². The molecule has 0 aliphatic carbocycles. The van der Waals surface area contributed by atoms with Gasteiger partial charge in [0.15, 0.2) is 6.61 Å². The van der Waals surface area contributed by atoms with E-state index in [9.17, 15) is 4.79 Å². The van der Waals surface area contributed by atoms with E-state index in [4.69, 9.17) is 14.3 Å². The van der Waals surface area contributed by atoms with Crippen LogP contribution in [0.3, 0.4) is 0 Å². The van der Waals surface area contributed by atoms with Crippen molar-refractivity contribution >= 4 is 21.9 Å². The van der Waals surface area contributed by atoms with E-state index in [1.807, 2.05) is 0 Å². The fraction of sp³-hybridized carbons (Fsp3) is 0.167. The lowest BCUT2D eigenvalue weighted by Gasteiger charge is -1.94. The monoisotopic (exact) mass is 220 g/mol. The van der Waals surface area contributed by atoms with E-state index in [1.54, 1.807) is 6.07 Å². The number of carbonyl (C=O) groups is 1. The molecular weight excluding hydrogens is 216 g/mol. The van der Waals surface area contributed by atoms with Crippen LogP contribution in [-0.2, 0) is 4.79 Å². The molecule has 0 aromatic carbocycles. The molecule has 1 aromatic rings.